The van der Waals surface area contributed by atoms with Crippen molar-refractivity contribution in [2.75, 3.05) is 0 Å². The largest absolute Gasteiger partial charge is 0.438 e. The Morgan fingerprint density at radius 2 is 2.04 bits per heavy atom. The van der Waals surface area contributed by atoms with Crippen LogP contribution in [0.5, 0.6) is 0 Å². The summed E-state index contributed by atoms with van der Waals surface area (Å²) in [6.45, 7) is 3.96. The SMILES string of the molecule is CCc1cc(SCc2nc3c(Cl)ccc(Cl)c3o2)c(=O)[nH]c1C. The summed E-state index contributed by atoms with van der Waals surface area (Å²) >= 11 is 13.6. The Morgan fingerprint density at radius 3 is 2.74 bits per heavy atom. The highest BCUT2D eigenvalue weighted by Crippen LogP contribution is 2.31. The van der Waals surface area contributed by atoms with E-state index in [1.165, 1.54) is 11.8 Å². The van der Waals surface area contributed by atoms with Gasteiger partial charge in [0.1, 0.15) is 5.52 Å². The summed E-state index contributed by atoms with van der Waals surface area (Å²) in [5.74, 6) is 0.911. The van der Waals surface area contributed by atoms with Gasteiger partial charge in [0, 0.05) is 5.69 Å². The molecule has 0 aliphatic heterocycles. The van der Waals surface area contributed by atoms with Gasteiger partial charge >= 0.3 is 0 Å². The van der Waals surface area contributed by atoms with Crippen molar-refractivity contribution in [1.29, 1.82) is 0 Å². The van der Waals surface area contributed by atoms with E-state index in [4.69, 9.17) is 27.6 Å². The molecule has 2 heterocycles. The number of thioether (sulfide) groups is 1. The minimum atomic E-state index is -0.100. The molecule has 7 heteroatoms. The van der Waals surface area contributed by atoms with Crippen molar-refractivity contribution in [2.45, 2.75) is 30.9 Å². The average molecular weight is 369 g/mol. The van der Waals surface area contributed by atoms with Crippen LogP contribution in [-0.2, 0) is 12.2 Å². The van der Waals surface area contributed by atoms with Crippen LogP contribution in [-0.4, -0.2) is 9.97 Å². The molecular weight excluding hydrogens is 355 g/mol. The van der Waals surface area contributed by atoms with E-state index in [0.717, 1.165) is 17.7 Å². The smallest absolute Gasteiger partial charge is 0.261 e. The third-order valence-electron chi connectivity index (χ3n) is 3.53. The van der Waals surface area contributed by atoms with Crippen molar-refractivity contribution >= 4 is 46.1 Å². The minimum Gasteiger partial charge on any atom is -0.438 e. The summed E-state index contributed by atoms with van der Waals surface area (Å²) in [6.07, 6.45) is 0.865. The molecule has 2 aromatic heterocycles. The highest BCUT2D eigenvalue weighted by molar-refractivity contribution is 7.98. The molecule has 4 nitrogen and oxygen atoms in total. The lowest BCUT2D eigenvalue weighted by atomic mass is 10.1. The third kappa shape index (κ3) is 3.27. The van der Waals surface area contributed by atoms with Crippen molar-refractivity contribution in [3.8, 4) is 0 Å². The number of rotatable bonds is 4. The van der Waals surface area contributed by atoms with Gasteiger partial charge in [-0.1, -0.05) is 30.1 Å². The van der Waals surface area contributed by atoms with Crippen molar-refractivity contribution < 1.29 is 4.42 Å². The number of halogens is 2. The number of nitrogens with one attached hydrogen (secondary N) is 1. The lowest BCUT2D eigenvalue weighted by Crippen LogP contribution is -2.11. The number of nitrogens with zero attached hydrogens (tertiary/aromatic N) is 1. The van der Waals surface area contributed by atoms with Gasteiger partial charge in [-0.2, -0.15) is 0 Å². The molecule has 0 aliphatic carbocycles. The van der Waals surface area contributed by atoms with E-state index in [2.05, 4.69) is 16.9 Å². The van der Waals surface area contributed by atoms with Gasteiger partial charge in [-0.25, -0.2) is 4.98 Å². The predicted octanol–water partition coefficient (Wildman–Crippen LogP) is 4.99. The number of aromatic nitrogens is 2. The van der Waals surface area contributed by atoms with Gasteiger partial charge in [0.05, 0.1) is 20.7 Å². The van der Waals surface area contributed by atoms with Crippen LogP contribution >= 0.6 is 35.0 Å². The Labute approximate surface area is 147 Å². The molecule has 0 saturated carbocycles. The van der Waals surface area contributed by atoms with E-state index in [9.17, 15) is 4.79 Å². The van der Waals surface area contributed by atoms with Gasteiger partial charge in [-0.15, -0.1) is 11.8 Å². The molecule has 0 spiro atoms. The second-order valence-corrected chi connectivity index (χ2v) is 6.90. The van der Waals surface area contributed by atoms with Crippen LogP contribution in [0.25, 0.3) is 11.1 Å². The summed E-state index contributed by atoms with van der Waals surface area (Å²) in [5, 5.41) is 0.959. The number of hydrogen-bond donors (Lipinski definition) is 1. The Kier molecular flexibility index (Phi) is 4.71. The van der Waals surface area contributed by atoms with Gasteiger partial charge in [-0.3, -0.25) is 4.79 Å². The highest BCUT2D eigenvalue weighted by Gasteiger charge is 2.13. The third-order valence-corrected chi connectivity index (χ3v) is 5.14. The molecule has 3 rings (SSSR count). The second kappa shape index (κ2) is 6.59. The molecule has 0 unspecified atom stereocenters. The quantitative estimate of drug-likeness (QED) is 0.659. The van der Waals surface area contributed by atoms with Crippen molar-refractivity contribution in [3.63, 3.8) is 0 Å². The van der Waals surface area contributed by atoms with Gasteiger partial charge in [0.15, 0.2) is 5.58 Å². The number of H-pyrrole nitrogens is 1. The van der Waals surface area contributed by atoms with Crippen LogP contribution in [0.1, 0.15) is 24.1 Å². The monoisotopic (exact) mass is 368 g/mol. The first kappa shape index (κ1) is 16.4. The van der Waals surface area contributed by atoms with Gasteiger partial charge < -0.3 is 9.40 Å². The topological polar surface area (TPSA) is 58.9 Å². The maximum Gasteiger partial charge on any atom is 0.261 e. The number of aromatic amines is 1. The molecule has 1 N–H and O–H groups in total. The molecule has 0 bridgehead atoms. The molecule has 0 fully saturated rings. The number of fused-ring (bicyclic) bond motifs is 1. The standard InChI is InChI=1S/C16H14Cl2N2O2S/c1-3-9-6-12(16(21)19-8(9)2)23-7-13-20-14-10(17)4-5-11(18)15(14)22-13/h4-6H,3,7H2,1-2H3,(H,19,21). The fourth-order valence-electron chi connectivity index (χ4n) is 2.31. The average Bonchev–Trinajstić information content (AvgIpc) is 2.96. The van der Waals surface area contributed by atoms with E-state index in [-0.39, 0.29) is 5.56 Å². The summed E-state index contributed by atoms with van der Waals surface area (Å²) in [4.78, 5) is 19.9. The summed E-state index contributed by atoms with van der Waals surface area (Å²) in [5.41, 5.74) is 2.94. The van der Waals surface area contributed by atoms with Crippen LogP contribution in [0, 0.1) is 6.92 Å². The van der Waals surface area contributed by atoms with Crippen LogP contribution in [0.2, 0.25) is 10.0 Å². The normalized spacial score (nSPS) is 11.3. The molecule has 120 valence electrons. The van der Waals surface area contributed by atoms with Crippen LogP contribution < -0.4 is 5.56 Å². The van der Waals surface area contributed by atoms with E-state index < -0.39 is 0 Å². The van der Waals surface area contributed by atoms with Crippen molar-refractivity contribution in [1.82, 2.24) is 9.97 Å². The number of oxazole rings is 1. The van der Waals surface area contributed by atoms with E-state index >= 15 is 0 Å². The zero-order valence-electron chi connectivity index (χ0n) is 12.6. The molecule has 1 aromatic carbocycles. The first-order valence-corrected chi connectivity index (χ1v) is 8.82. The molecule has 0 aliphatic rings. The summed E-state index contributed by atoms with van der Waals surface area (Å²) < 4.78 is 5.66. The lowest BCUT2D eigenvalue weighted by molar-refractivity contribution is 0.556. The number of aryl methyl sites for hydroxylation is 2. The molecule has 3 aromatic rings. The van der Waals surface area contributed by atoms with Gasteiger partial charge in [-0.05, 0) is 37.1 Å². The first-order valence-electron chi connectivity index (χ1n) is 7.08. The summed E-state index contributed by atoms with van der Waals surface area (Å²) in [6, 6.07) is 5.28. The van der Waals surface area contributed by atoms with Gasteiger partial charge in [0.2, 0.25) is 5.89 Å². The van der Waals surface area contributed by atoms with Crippen LogP contribution in [0.15, 0.2) is 32.3 Å². The lowest BCUT2D eigenvalue weighted by Gasteiger charge is -2.05. The van der Waals surface area contributed by atoms with Crippen LogP contribution in [0.3, 0.4) is 0 Å². The molecule has 0 saturated heterocycles. The zero-order valence-corrected chi connectivity index (χ0v) is 14.9. The Morgan fingerprint density at radius 1 is 1.30 bits per heavy atom. The minimum absolute atomic E-state index is 0.100. The van der Waals surface area contributed by atoms with E-state index in [1.807, 2.05) is 13.0 Å². The summed E-state index contributed by atoms with van der Waals surface area (Å²) in [7, 11) is 0. The maximum absolute atomic E-state index is 12.0. The molecule has 0 amide bonds. The molecule has 23 heavy (non-hydrogen) atoms. The van der Waals surface area contributed by atoms with Gasteiger partial charge in [0.25, 0.3) is 5.56 Å². The van der Waals surface area contributed by atoms with E-state index in [0.29, 0.717) is 37.7 Å². The Hall–Kier alpha value is -1.43. The Bertz CT molecular complexity index is 895. The predicted molar refractivity (Wildman–Crippen MR) is 94.8 cm³/mol. The second-order valence-electron chi connectivity index (χ2n) is 5.07. The maximum atomic E-state index is 12.0. The molecule has 0 atom stereocenters. The number of pyridine rings is 1. The zero-order chi connectivity index (χ0) is 16.6. The van der Waals surface area contributed by atoms with Crippen molar-refractivity contribution in [2.24, 2.45) is 0 Å². The Balaban J connectivity index is 1.88. The first-order chi connectivity index (χ1) is 11.0. The highest BCUT2D eigenvalue weighted by atomic mass is 35.5. The fraction of sp³-hybridized carbons (Fsp3) is 0.250. The number of benzene rings is 1. The van der Waals surface area contributed by atoms with E-state index in [1.54, 1.807) is 12.1 Å². The van der Waals surface area contributed by atoms with Crippen LogP contribution in [0.4, 0.5) is 0 Å². The fourth-order valence-corrected chi connectivity index (χ4v) is 3.50. The molecular formula is C16H14Cl2N2O2S. The number of hydrogen-bond acceptors (Lipinski definition) is 4. The molecule has 0 radical (unpaired) electrons. The van der Waals surface area contributed by atoms with Crippen molar-refractivity contribution in [3.05, 3.63) is 55.7 Å².